The smallest absolute Gasteiger partial charge is 0.451 e. The van der Waals surface area contributed by atoms with E-state index in [0.717, 1.165) is 11.7 Å². The molecule has 0 atom stereocenters. The number of furan rings is 1. The van der Waals surface area contributed by atoms with Gasteiger partial charge in [-0.15, -0.1) is 5.10 Å². The van der Waals surface area contributed by atoms with Gasteiger partial charge >= 0.3 is 11.9 Å². The molecule has 0 spiro atoms. The standard InChI is InChI=1S/C16H17F3N4O3/c1-21-14(16(17,18)19)20-23(15(21)25)11-6-8-22(9-7-11)13(24)5-4-12-3-2-10-26-12/h2-5,10-11H,6-9H2,1H3. The Morgan fingerprint density at radius 3 is 2.58 bits per heavy atom. The summed E-state index contributed by atoms with van der Waals surface area (Å²) in [5.74, 6) is -0.889. The summed E-state index contributed by atoms with van der Waals surface area (Å²) >= 11 is 0. The van der Waals surface area contributed by atoms with Gasteiger partial charge in [0.05, 0.1) is 12.3 Å². The lowest BCUT2D eigenvalue weighted by Gasteiger charge is -2.30. The van der Waals surface area contributed by atoms with Gasteiger partial charge in [0, 0.05) is 26.2 Å². The second kappa shape index (κ2) is 6.85. The summed E-state index contributed by atoms with van der Waals surface area (Å²) in [5, 5.41) is 3.46. The molecule has 0 bridgehead atoms. The number of nitrogens with zero attached hydrogens (tertiary/aromatic N) is 4. The fourth-order valence-electron chi connectivity index (χ4n) is 2.92. The van der Waals surface area contributed by atoms with E-state index in [1.54, 1.807) is 23.1 Å². The molecule has 0 aliphatic carbocycles. The molecule has 0 saturated carbocycles. The molecule has 7 nitrogen and oxygen atoms in total. The molecule has 0 radical (unpaired) electrons. The fraction of sp³-hybridized carbons (Fsp3) is 0.438. The number of hydrogen-bond donors (Lipinski definition) is 0. The van der Waals surface area contributed by atoms with Gasteiger partial charge < -0.3 is 9.32 Å². The first-order valence-electron chi connectivity index (χ1n) is 8.00. The highest BCUT2D eigenvalue weighted by Gasteiger charge is 2.39. The van der Waals surface area contributed by atoms with Crippen LogP contribution in [0.3, 0.4) is 0 Å². The Bertz CT molecular complexity index is 856. The first-order valence-corrected chi connectivity index (χ1v) is 8.00. The number of hydrogen-bond acceptors (Lipinski definition) is 4. The zero-order valence-corrected chi connectivity index (χ0v) is 13.9. The molecule has 26 heavy (non-hydrogen) atoms. The van der Waals surface area contributed by atoms with Crippen LogP contribution in [0.15, 0.2) is 33.7 Å². The molecule has 1 aliphatic heterocycles. The van der Waals surface area contributed by atoms with Crippen LogP contribution in [0.4, 0.5) is 13.2 Å². The Labute approximate surface area is 146 Å². The van der Waals surface area contributed by atoms with Crippen LogP contribution < -0.4 is 5.69 Å². The van der Waals surface area contributed by atoms with Crippen LogP contribution >= 0.6 is 0 Å². The summed E-state index contributed by atoms with van der Waals surface area (Å²) in [4.78, 5) is 25.8. The van der Waals surface area contributed by atoms with Crippen molar-refractivity contribution in [3.63, 3.8) is 0 Å². The molecule has 10 heteroatoms. The van der Waals surface area contributed by atoms with Gasteiger partial charge in [0.2, 0.25) is 11.7 Å². The summed E-state index contributed by atoms with van der Waals surface area (Å²) in [6.45, 7) is 0.659. The minimum absolute atomic E-state index is 0.218. The normalized spacial score (nSPS) is 16.5. The Hall–Kier alpha value is -2.78. The first-order chi connectivity index (χ1) is 12.3. The van der Waals surface area contributed by atoms with Crippen molar-refractivity contribution in [2.45, 2.75) is 25.1 Å². The SMILES string of the molecule is Cn1c(C(F)(F)F)nn(C2CCN(C(=O)C=Cc3ccco3)CC2)c1=O. The lowest BCUT2D eigenvalue weighted by atomic mass is 10.1. The molecule has 1 amide bonds. The van der Waals surface area contributed by atoms with E-state index in [2.05, 4.69) is 5.10 Å². The topological polar surface area (TPSA) is 73.3 Å². The quantitative estimate of drug-likeness (QED) is 0.776. The lowest BCUT2D eigenvalue weighted by molar-refractivity contribution is -0.147. The van der Waals surface area contributed by atoms with Crippen LogP contribution in [-0.2, 0) is 18.0 Å². The molecule has 140 valence electrons. The second-order valence-electron chi connectivity index (χ2n) is 6.01. The van der Waals surface area contributed by atoms with Gasteiger partial charge in [-0.25, -0.2) is 9.48 Å². The van der Waals surface area contributed by atoms with Gasteiger partial charge in [-0.05, 0) is 31.1 Å². The number of amides is 1. The highest BCUT2D eigenvalue weighted by atomic mass is 19.4. The number of piperidine rings is 1. The van der Waals surface area contributed by atoms with Crippen LogP contribution in [-0.4, -0.2) is 38.2 Å². The van der Waals surface area contributed by atoms with Gasteiger partial charge in [0.15, 0.2) is 0 Å². The summed E-state index contributed by atoms with van der Waals surface area (Å²) in [5.41, 5.74) is -0.806. The maximum absolute atomic E-state index is 12.9. The van der Waals surface area contributed by atoms with Crippen molar-refractivity contribution in [3.8, 4) is 0 Å². The molecule has 2 aromatic heterocycles. The number of likely N-dealkylation sites (tertiary alicyclic amines) is 1. The first kappa shape index (κ1) is 18.0. The molecule has 0 unspecified atom stereocenters. The highest BCUT2D eigenvalue weighted by Crippen LogP contribution is 2.28. The summed E-state index contributed by atoms with van der Waals surface area (Å²) in [6, 6.07) is 2.94. The van der Waals surface area contributed by atoms with Crippen LogP contribution in [0.2, 0.25) is 0 Å². The van der Waals surface area contributed by atoms with Gasteiger partial charge in [0.1, 0.15) is 5.76 Å². The predicted molar refractivity (Wildman–Crippen MR) is 85.1 cm³/mol. The second-order valence-corrected chi connectivity index (χ2v) is 6.01. The van der Waals surface area contributed by atoms with Crippen LogP contribution in [0.25, 0.3) is 6.08 Å². The van der Waals surface area contributed by atoms with Gasteiger partial charge in [-0.1, -0.05) is 0 Å². The van der Waals surface area contributed by atoms with E-state index in [-0.39, 0.29) is 5.91 Å². The minimum Gasteiger partial charge on any atom is -0.465 e. The zero-order valence-electron chi connectivity index (χ0n) is 13.9. The Balaban J connectivity index is 1.66. The molecule has 2 aromatic rings. The van der Waals surface area contributed by atoms with Gasteiger partial charge in [-0.3, -0.25) is 9.36 Å². The highest BCUT2D eigenvalue weighted by molar-refractivity contribution is 5.91. The maximum atomic E-state index is 12.9. The van der Waals surface area contributed by atoms with Gasteiger partial charge in [0.25, 0.3) is 0 Å². The Morgan fingerprint density at radius 2 is 2.04 bits per heavy atom. The van der Waals surface area contributed by atoms with E-state index >= 15 is 0 Å². The molecular formula is C16H17F3N4O3. The van der Waals surface area contributed by atoms with Crippen molar-refractivity contribution in [2.24, 2.45) is 7.05 Å². The predicted octanol–water partition coefficient (Wildman–Crippen LogP) is 2.07. The van der Waals surface area contributed by atoms with Crippen molar-refractivity contribution in [2.75, 3.05) is 13.1 Å². The molecule has 3 heterocycles. The number of alkyl halides is 3. The minimum atomic E-state index is -4.69. The molecular weight excluding hydrogens is 353 g/mol. The van der Waals surface area contributed by atoms with E-state index < -0.39 is 23.7 Å². The molecule has 1 aliphatic rings. The van der Waals surface area contributed by atoms with Crippen molar-refractivity contribution in [1.82, 2.24) is 19.2 Å². The summed E-state index contributed by atoms with van der Waals surface area (Å²) < 4.78 is 45.1. The third kappa shape index (κ3) is 3.58. The number of halogens is 3. The van der Waals surface area contributed by atoms with Crippen molar-refractivity contribution in [3.05, 3.63) is 46.5 Å². The van der Waals surface area contributed by atoms with Crippen LogP contribution in [0.5, 0.6) is 0 Å². The molecule has 3 rings (SSSR count). The van der Waals surface area contributed by atoms with Crippen molar-refractivity contribution in [1.29, 1.82) is 0 Å². The lowest BCUT2D eigenvalue weighted by Crippen LogP contribution is -2.40. The average molecular weight is 370 g/mol. The fourth-order valence-corrected chi connectivity index (χ4v) is 2.92. The average Bonchev–Trinajstić information content (AvgIpc) is 3.22. The largest absolute Gasteiger partial charge is 0.465 e. The molecule has 0 N–H and O–H groups in total. The number of rotatable bonds is 3. The zero-order chi connectivity index (χ0) is 18.9. The van der Waals surface area contributed by atoms with Crippen LogP contribution in [0.1, 0.15) is 30.5 Å². The Kier molecular flexibility index (Phi) is 4.75. The number of carbonyl (C=O) groups excluding carboxylic acids is 1. The van der Waals surface area contributed by atoms with Crippen LogP contribution in [0, 0.1) is 0 Å². The van der Waals surface area contributed by atoms with Crippen molar-refractivity contribution < 1.29 is 22.4 Å². The van der Waals surface area contributed by atoms with E-state index in [1.165, 1.54) is 12.3 Å². The van der Waals surface area contributed by atoms with E-state index in [4.69, 9.17) is 4.42 Å². The number of aromatic nitrogens is 3. The molecule has 1 fully saturated rings. The van der Waals surface area contributed by atoms with Gasteiger partial charge in [-0.2, -0.15) is 13.2 Å². The third-order valence-corrected chi connectivity index (χ3v) is 4.31. The summed E-state index contributed by atoms with van der Waals surface area (Å²) in [6.07, 6.45) is 0.451. The molecule has 0 aromatic carbocycles. The van der Waals surface area contributed by atoms with E-state index in [1.807, 2.05) is 0 Å². The van der Waals surface area contributed by atoms with E-state index in [0.29, 0.717) is 36.3 Å². The maximum Gasteiger partial charge on any atom is 0.451 e. The summed E-state index contributed by atoms with van der Waals surface area (Å²) in [7, 11) is 1.05. The third-order valence-electron chi connectivity index (χ3n) is 4.31. The Morgan fingerprint density at radius 1 is 1.35 bits per heavy atom. The monoisotopic (exact) mass is 370 g/mol. The number of carbonyl (C=O) groups is 1. The molecule has 1 saturated heterocycles. The van der Waals surface area contributed by atoms with E-state index in [9.17, 15) is 22.8 Å². The van der Waals surface area contributed by atoms with Crippen molar-refractivity contribution >= 4 is 12.0 Å².